The lowest BCUT2D eigenvalue weighted by Crippen LogP contribution is -2.16. The van der Waals surface area contributed by atoms with Gasteiger partial charge in [-0.25, -0.2) is 0 Å². The molecule has 0 saturated heterocycles. The van der Waals surface area contributed by atoms with Crippen LogP contribution in [0.15, 0.2) is 12.3 Å². The molecule has 1 aliphatic rings. The second-order valence-electron chi connectivity index (χ2n) is 6.34. The van der Waals surface area contributed by atoms with Gasteiger partial charge in [-0.3, -0.25) is 9.36 Å². The van der Waals surface area contributed by atoms with Crippen molar-refractivity contribution >= 4 is 0 Å². The van der Waals surface area contributed by atoms with Crippen LogP contribution in [0.1, 0.15) is 55.4 Å². The van der Waals surface area contributed by atoms with Crippen molar-refractivity contribution in [3.63, 3.8) is 0 Å². The second-order valence-corrected chi connectivity index (χ2v) is 6.34. The Morgan fingerprint density at radius 1 is 1.29 bits per heavy atom. The minimum Gasteiger partial charge on any atom is -0.310 e. The molecule has 5 heteroatoms. The van der Waals surface area contributed by atoms with E-state index in [1.165, 1.54) is 24.1 Å². The molecule has 0 aromatic carbocycles. The van der Waals surface area contributed by atoms with Gasteiger partial charge in [0.1, 0.15) is 0 Å². The number of hydrogen-bond donors (Lipinski definition) is 1. The Hall–Kier alpha value is -1.62. The van der Waals surface area contributed by atoms with Crippen LogP contribution in [0.25, 0.3) is 0 Å². The highest BCUT2D eigenvalue weighted by Gasteiger charge is 2.21. The van der Waals surface area contributed by atoms with E-state index in [1.807, 2.05) is 10.9 Å². The van der Waals surface area contributed by atoms with Gasteiger partial charge >= 0.3 is 0 Å². The molecular weight excluding hydrogens is 262 g/mol. The molecule has 0 atom stereocenters. The third-order valence-electron chi connectivity index (χ3n) is 4.18. The number of aryl methyl sites for hydroxylation is 1. The van der Waals surface area contributed by atoms with Gasteiger partial charge in [-0.1, -0.05) is 0 Å². The SMILES string of the molecule is Cc1nn(Cc2ccn(C(C)C)n2)c(C)c1CNC1CC1. The largest absolute Gasteiger partial charge is 0.310 e. The van der Waals surface area contributed by atoms with Crippen molar-refractivity contribution in [2.75, 3.05) is 0 Å². The molecule has 2 aromatic rings. The van der Waals surface area contributed by atoms with Crippen molar-refractivity contribution in [1.29, 1.82) is 0 Å². The van der Waals surface area contributed by atoms with E-state index in [-0.39, 0.29) is 0 Å². The number of rotatable bonds is 6. The maximum atomic E-state index is 4.69. The highest BCUT2D eigenvalue weighted by molar-refractivity contribution is 5.25. The Morgan fingerprint density at radius 3 is 2.67 bits per heavy atom. The highest BCUT2D eigenvalue weighted by Crippen LogP contribution is 2.21. The average molecular weight is 287 g/mol. The first-order chi connectivity index (χ1) is 10.0. The van der Waals surface area contributed by atoms with Gasteiger partial charge in [0.2, 0.25) is 0 Å². The molecule has 21 heavy (non-hydrogen) atoms. The predicted molar refractivity (Wildman–Crippen MR) is 83.3 cm³/mol. The quantitative estimate of drug-likeness (QED) is 0.888. The average Bonchev–Trinajstić information content (AvgIpc) is 3.07. The van der Waals surface area contributed by atoms with Gasteiger partial charge in [0.05, 0.1) is 17.9 Å². The van der Waals surface area contributed by atoms with Crippen molar-refractivity contribution < 1.29 is 0 Å². The summed E-state index contributed by atoms with van der Waals surface area (Å²) in [4.78, 5) is 0. The van der Waals surface area contributed by atoms with Crippen LogP contribution in [0.3, 0.4) is 0 Å². The molecule has 0 bridgehead atoms. The molecule has 1 fully saturated rings. The van der Waals surface area contributed by atoms with Crippen LogP contribution in [0.2, 0.25) is 0 Å². The molecule has 2 aromatic heterocycles. The maximum Gasteiger partial charge on any atom is 0.0853 e. The van der Waals surface area contributed by atoms with E-state index in [0.717, 1.165) is 30.5 Å². The van der Waals surface area contributed by atoms with Gasteiger partial charge in [-0.15, -0.1) is 0 Å². The minimum absolute atomic E-state index is 0.400. The van der Waals surface area contributed by atoms with Crippen LogP contribution in [-0.4, -0.2) is 25.6 Å². The molecule has 114 valence electrons. The van der Waals surface area contributed by atoms with E-state index in [2.05, 4.69) is 54.0 Å². The first kappa shape index (κ1) is 14.3. The molecule has 1 saturated carbocycles. The van der Waals surface area contributed by atoms with Gasteiger partial charge < -0.3 is 5.32 Å². The van der Waals surface area contributed by atoms with Crippen LogP contribution >= 0.6 is 0 Å². The molecule has 0 radical (unpaired) electrons. The topological polar surface area (TPSA) is 47.7 Å². The lowest BCUT2D eigenvalue weighted by atomic mass is 10.2. The van der Waals surface area contributed by atoms with E-state index in [4.69, 9.17) is 0 Å². The van der Waals surface area contributed by atoms with Crippen LogP contribution < -0.4 is 5.32 Å². The lowest BCUT2D eigenvalue weighted by Gasteiger charge is -2.06. The molecule has 0 unspecified atom stereocenters. The summed E-state index contributed by atoms with van der Waals surface area (Å²) in [7, 11) is 0. The summed E-state index contributed by atoms with van der Waals surface area (Å²) in [6, 6.07) is 3.21. The lowest BCUT2D eigenvalue weighted by molar-refractivity contribution is 0.519. The van der Waals surface area contributed by atoms with E-state index < -0.39 is 0 Å². The van der Waals surface area contributed by atoms with Crippen molar-refractivity contribution in [2.45, 2.75) is 65.7 Å². The van der Waals surface area contributed by atoms with Gasteiger partial charge in [0.25, 0.3) is 0 Å². The monoisotopic (exact) mass is 287 g/mol. The van der Waals surface area contributed by atoms with Gasteiger partial charge in [0.15, 0.2) is 0 Å². The third kappa shape index (κ3) is 3.18. The molecule has 0 aliphatic heterocycles. The van der Waals surface area contributed by atoms with E-state index in [0.29, 0.717) is 6.04 Å². The Balaban J connectivity index is 1.73. The van der Waals surface area contributed by atoms with Crippen molar-refractivity contribution in [2.24, 2.45) is 0 Å². The molecule has 0 spiro atoms. The van der Waals surface area contributed by atoms with Gasteiger partial charge in [0, 0.05) is 36.1 Å². The zero-order valence-electron chi connectivity index (χ0n) is 13.4. The van der Waals surface area contributed by atoms with E-state index in [9.17, 15) is 0 Å². The van der Waals surface area contributed by atoms with Crippen LogP contribution in [0, 0.1) is 13.8 Å². The Labute approximate surface area is 126 Å². The summed E-state index contributed by atoms with van der Waals surface area (Å²) in [6.07, 6.45) is 4.68. The highest BCUT2D eigenvalue weighted by atomic mass is 15.3. The second kappa shape index (κ2) is 5.64. The summed E-state index contributed by atoms with van der Waals surface area (Å²) in [6.45, 7) is 10.2. The van der Waals surface area contributed by atoms with Gasteiger partial charge in [-0.05, 0) is 46.6 Å². The van der Waals surface area contributed by atoms with Crippen molar-refractivity contribution in [3.05, 3.63) is 34.9 Å². The van der Waals surface area contributed by atoms with Crippen molar-refractivity contribution in [1.82, 2.24) is 24.9 Å². The normalized spacial score (nSPS) is 15.1. The first-order valence-corrected chi connectivity index (χ1v) is 7.85. The summed E-state index contributed by atoms with van der Waals surface area (Å²) in [5.74, 6) is 0. The zero-order chi connectivity index (χ0) is 15.0. The minimum atomic E-state index is 0.400. The Bertz CT molecular complexity index is 619. The molecule has 5 nitrogen and oxygen atoms in total. The number of nitrogens with one attached hydrogen (secondary N) is 1. The summed E-state index contributed by atoms with van der Waals surface area (Å²) in [5.41, 5.74) is 4.78. The summed E-state index contributed by atoms with van der Waals surface area (Å²) < 4.78 is 4.07. The maximum absolute atomic E-state index is 4.69. The Morgan fingerprint density at radius 2 is 2.05 bits per heavy atom. The van der Waals surface area contributed by atoms with Crippen LogP contribution in [0.4, 0.5) is 0 Å². The molecular formula is C16H25N5. The smallest absolute Gasteiger partial charge is 0.0853 e. The molecule has 3 rings (SSSR count). The standard InChI is InChI=1S/C16H25N5/c1-11(2)20-8-7-15(19-20)10-21-13(4)16(12(3)18-21)9-17-14-5-6-14/h7-8,11,14,17H,5-6,9-10H2,1-4H3. The number of aromatic nitrogens is 4. The van der Waals surface area contributed by atoms with Gasteiger partial charge in [-0.2, -0.15) is 10.2 Å². The summed E-state index contributed by atoms with van der Waals surface area (Å²) in [5, 5.41) is 12.9. The zero-order valence-corrected chi connectivity index (χ0v) is 13.4. The summed E-state index contributed by atoms with van der Waals surface area (Å²) >= 11 is 0. The molecule has 2 heterocycles. The third-order valence-corrected chi connectivity index (χ3v) is 4.18. The van der Waals surface area contributed by atoms with Crippen LogP contribution in [0.5, 0.6) is 0 Å². The van der Waals surface area contributed by atoms with E-state index >= 15 is 0 Å². The fraction of sp³-hybridized carbons (Fsp3) is 0.625. The Kier molecular flexibility index (Phi) is 3.85. The molecule has 0 amide bonds. The predicted octanol–water partition coefficient (Wildman–Crippen LogP) is 2.58. The molecule has 1 aliphatic carbocycles. The fourth-order valence-corrected chi connectivity index (χ4v) is 2.58. The van der Waals surface area contributed by atoms with Crippen LogP contribution in [-0.2, 0) is 13.1 Å². The molecule has 1 N–H and O–H groups in total. The number of nitrogens with zero attached hydrogens (tertiary/aromatic N) is 4. The fourth-order valence-electron chi connectivity index (χ4n) is 2.58. The number of hydrogen-bond acceptors (Lipinski definition) is 3. The first-order valence-electron chi connectivity index (χ1n) is 7.85. The van der Waals surface area contributed by atoms with Crippen molar-refractivity contribution in [3.8, 4) is 0 Å². The van der Waals surface area contributed by atoms with E-state index in [1.54, 1.807) is 0 Å².